The lowest BCUT2D eigenvalue weighted by atomic mass is 10.1. The Morgan fingerprint density at radius 1 is 0.944 bits per heavy atom. The van der Waals surface area contributed by atoms with Gasteiger partial charge < -0.3 is 4.43 Å². The maximum absolute atomic E-state index is 6.16. The van der Waals surface area contributed by atoms with Crippen LogP contribution in [0.3, 0.4) is 0 Å². The van der Waals surface area contributed by atoms with Gasteiger partial charge in [-0.1, -0.05) is 52.7 Å². The zero-order valence-corrected chi connectivity index (χ0v) is 14.5. The Labute approximate surface area is 116 Å². The second kappa shape index (κ2) is 8.92. The van der Waals surface area contributed by atoms with Crippen LogP contribution in [-0.4, -0.2) is 14.9 Å². The summed E-state index contributed by atoms with van der Waals surface area (Å²) in [5.74, 6) is 0. The third kappa shape index (κ3) is 8.10. The standard InChI is InChI=1S/C16H34OSi/c1-7-8-9-10-11-12-13-14-15-17-18(5,6)16(2,3)4/h8-9H,7,10-15H2,1-6H3/b9-8+. The van der Waals surface area contributed by atoms with Crippen LogP contribution >= 0.6 is 0 Å². The highest BCUT2D eigenvalue weighted by molar-refractivity contribution is 6.74. The molecule has 0 heterocycles. The van der Waals surface area contributed by atoms with Gasteiger partial charge in [0.05, 0.1) is 0 Å². The highest BCUT2D eigenvalue weighted by Crippen LogP contribution is 2.36. The Kier molecular flexibility index (Phi) is 8.88. The topological polar surface area (TPSA) is 9.23 Å². The molecule has 0 aromatic heterocycles. The Balaban J connectivity index is 3.49. The first-order valence-corrected chi connectivity index (χ1v) is 10.5. The highest BCUT2D eigenvalue weighted by Gasteiger charge is 2.36. The fraction of sp³-hybridized carbons (Fsp3) is 0.875. The van der Waals surface area contributed by atoms with E-state index < -0.39 is 8.32 Å². The summed E-state index contributed by atoms with van der Waals surface area (Å²) >= 11 is 0. The van der Waals surface area contributed by atoms with Gasteiger partial charge in [-0.3, -0.25) is 0 Å². The molecular weight excluding hydrogens is 236 g/mol. The summed E-state index contributed by atoms with van der Waals surface area (Å²) in [7, 11) is -1.50. The number of hydrogen-bond acceptors (Lipinski definition) is 1. The lowest BCUT2D eigenvalue weighted by molar-refractivity contribution is 0.277. The van der Waals surface area contributed by atoms with Crippen LogP contribution in [0.2, 0.25) is 18.1 Å². The Bertz CT molecular complexity index is 226. The number of rotatable bonds is 9. The first-order chi connectivity index (χ1) is 8.31. The summed E-state index contributed by atoms with van der Waals surface area (Å²) in [6.07, 6.45) is 12.2. The zero-order chi connectivity index (χ0) is 14.1. The first kappa shape index (κ1) is 17.9. The number of hydrogen-bond donors (Lipinski definition) is 0. The molecule has 0 saturated heterocycles. The van der Waals surface area contributed by atoms with E-state index in [0.717, 1.165) is 6.61 Å². The van der Waals surface area contributed by atoms with Crippen molar-refractivity contribution in [1.82, 2.24) is 0 Å². The van der Waals surface area contributed by atoms with Crippen LogP contribution in [0, 0.1) is 0 Å². The van der Waals surface area contributed by atoms with E-state index in [1.54, 1.807) is 0 Å². The van der Waals surface area contributed by atoms with Crippen LogP contribution in [0.4, 0.5) is 0 Å². The molecule has 0 atom stereocenters. The van der Waals surface area contributed by atoms with Gasteiger partial charge in [-0.15, -0.1) is 0 Å². The molecule has 0 radical (unpaired) electrons. The van der Waals surface area contributed by atoms with Crippen molar-refractivity contribution in [3.63, 3.8) is 0 Å². The summed E-state index contributed by atoms with van der Waals surface area (Å²) in [5, 5.41) is 0.345. The Hall–Kier alpha value is -0.0831. The summed E-state index contributed by atoms with van der Waals surface area (Å²) in [4.78, 5) is 0. The minimum absolute atomic E-state index is 0.345. The zero-order valence-electron chi connectivity index (χ0n) is 13.5. The van der Waals surface area contributed by atoms with Crippen LogP contribution in [-0.2, 0) is 4.43 Å². The van der Waals surface area contributed by atoms with Gasteiger partial charge in [0.15, 0.2) is 8.32 Å². The lowest BCUT2D eigenvalue weighted by Gasteiger charge is -2.36. The number of allylic oxidation sites excluding steroid dienone is 2. The largest absolute Gasteiger partial charge is 0.417 e. The monoisotopic (exact) mass is 270 g/mol. The normalized spacial score (nSPS) is 13.4. The molecule has 0 aromatic rings. The Morgan fingerprint density at radius 3 is 2.11 bits per heavy atom. The molecule has 0 amide bonds. The van der Waals surface area contributed by atoms with Crippen LogP contribution in [0.5, 0.6) is 0 Å². The molecule has 2 heteroatoms. The molecule has 18 heavy (non-hydrogen) atoms. The van der Waals surface area contributed by atoms with Gasteiger partial charge in [0, 0.05) is 6.61 Å². The molecule has 0 unspecified atom stereocenters. The van der Waals surface area contributed by atoms with E-state index in [1.165, 1.54) is 38.5 Å². The molecule has 108 valence electrons. The van der Waals surface area contributed by atoms with Gasteiger partial charge in [0.25, 0.3) is 0 Å². The molecule has 0 N–H and O–H groups in total. The van der Waals surface area contributed by atoms with Crippen molar-refractivity contribution in [2.75, 3.05) is 6.61 Å². The molecular formula is C16H34OSi. The molecule has 0 aliphatic carbocycles. The van der Waals surface area contributed by atoms with Crippen molar-refractivity contribution in [1.29, 1.82) is 0 Å². The van der Waals surface area contributed by atoms with Crippen molar-refractivity contribution in [2.45, 2.75) is 84.4 Å². The second-order valence-electron chi connectivity index (χ2n) is 6.69. The Morgan fingerprint density at radius 2 is 1.56 bits per heavy atom. The van der Waals surface area contributed by atoms with Gasteiger partial charge >= 0.3 is 0 Å². The third-order valence-electron chi connectivity index (χ3n) is 3.94. The van der Waals surface area contributed by atoms with Crippen molar-refractivity contribution in [2.24, 2.45) is 0 Å². The maximum atomic E-state index is 6.16. The van der Waals surface area contributed by atoms with E-state index in [1.807, 2.05) is 0 Å². The van der Waals surface area contributed by atoms with Crippen LogP contribution < -0.4 is 0 Å². The van der Waals surface area contributed by atoms with E-state index in [0.29, 0.717) is 5.04 Å². The summed E-state index contributed by atoms with van der Waals surface area (Å²) in [6.45, 7) is 14.7. The van der Waals surface area contributed by atoms with Gasteiger partial charge in [-0.25, -0.2) is 0 Å². The minimum atomic E-state index is -1.50. The van der Waals surface area contributed by atoms with E-state index in [9.17, 15) is 0 Å². The van der Waals surface area contributed by atoms with Crippen LogP contribution in [0.15, 0.2) is 12.2 Å². The second-order valence-corrected chi connectivity index (χ2v) is 11.5. The predicted molar refractivity (Wildman–Crippen MR) is 85.7 cm³/mol. The quantitative estimate of drug-likeness (QED) is 0.287. The molecule has 0 aliphatic rings. The predicted octanol–water partition coefficient (Wildman–Crippen LogP) is 5.92. The average Bonchev–Trinajstić information content (AvgIpc) is 2.25. The molecule has 1 nitrogen and oxygen atoms in total. The fourth-order valence-corrected chi connectivity index (χ4v) is 2.63. The summed E-state index contributed by atoms with van der Waals surface area (Å²) < 4.78 is 6.16. The van der Waals surface area contributed by atoms with Crippen molar-refractivity contribution < 1.29 is 4.43 Å². The van der Waals surface area contributed by atoms with Gasteiger partial charge in [-0.05, 0) is 43.8 Å². The third-order valence-corrected chi connectivity index (χ3v) is 8.47. The number of unbranched alkanes of at least 4 members (excludes halogenated alkanes) is 4. The van der Waals surface area contributed by atoms with Crippen LogP contribution in [0.1, 0.15) is 66.2 Å². The minimum Gasteiger partial charge on any atom is -0.417 e. The maximum Gasteiger partial charge on any atom is 0.191 e. The fourth-order valence-electron chi connectivity index (χ4n) is 1.55. The van der Waals surface area contributed by atoms with Gasteiger partial charge in [0.2, 0.25) is 0 Å². The molecule has 0 bridgehead atoms. The smallest absolute Gasteiger partial charge is 0.191 e. The van der Waals surface area contributed by atoms with Gasteiger partial charge in [0.1, 0.15) is 0 Å². The van der Waals surface area contributed by atoms with E-state index >= 15 is 0 Å². The highest BCUT2D eigenvalue weighted by atomic mass is 28.4. The molecule has 0 saturated carbocycles. The van der Waals surface area contributed by atoms with E-state index in [2.05, 4.69) is 52.9 Å². The van der Waals surface area contributed by atoms with E-state index in [-0.39, 0.29) is 0 Å². The summed E-state index contributed by atoms with van der Waals surface area (Å²) in [5.41, 5.74) is 0. The average molecular weight is 271 g/mol. The lowest BCUT2D eigenvalue weighted by Crippen LogP contribution is -2.40. The van der Waals surface area contributed by atoms with Gasteiger partial charge in [-0.2, -0.15) is 0 Å². The first-order valence-electron chi connectivity index (χ1n) is 7.60. The SMILES string of the molecule is CC/C=C/CCCCCCO[Si](C)(C)C(C)(C)C. The molecule has 0 fully saturated rings. The molecule has 0 spiro atoms. The summed E-state index contributed by atoms with van der Waals surface area (Å²) in [6, 6.07) is 0. The molecule has 0 aromatic carbocycles. The molecule has 0 rings (SSSR count). The van der Waals surface area contributed by atoms with Crippen molar-refractivity contribution in [3.05, 3.63) is 12.2 Å². The van der Waals surface area contributed by atoms with E-state index in [4.69, 9.17) is 4.43 Å². The van der Waals surface area contributed by atoms with Crippen LogP contribution in [0.25, 0.3) is 0 Å². The molecule has 0 aliphatic heterocycles. The van der Waals surface area contributed by atoms with Crippen molar-refractivity contribution >= 4 is 8.32 Å². The van der Waals surface area contributed by atoms with Crippen molar-refractivity contribution in [3.8, 4) is 0 Å².